The lowest BCUT2D eigenvalue weighted by molar-refractivity contribution is 0.278. The molecule has 1 aromatic carbocycles. The minimum atomic E-state index is 0.473. The lowest BCUT2D eigenvalue weighted by atomic mass is 10.0. The Morgan fingerprint density at radius 3 is 2.70 bits per heavy atom. The molecule has 2 N–H and O–H groups in total. The van der Waals surface area contributed by atoms with Gasteiger partial charge in [-0.3, -0.25) is 5.43 Å². The van der Waals surface area contributed by atoms with Gasteiger partial charge in [-0.1, -0.05) is 69.7 Å². The van der Waals surface area contributed by atoms with Crippen LogP contribution in [-0.2, 0) is 0 Å². The summed E-state index contributed by atoms with van der Waals surface area (Å²) < 4.78 is 2.16. The summed E-state index contributed by atoms with van der Waals surface area (Å²) in [5.74, 6) is 2.39. The molecule has 1 saturated carbocycles. The monoisotopic (exact) mass is 540 g/mol. The number of amidine groups is 1. The molecule has 2 aromatic rings. The van der Waals surface area contributed by atoms with Crippen molar-refractivity contribution in [1.82, 2.24) is 14.6 Å². The predicted molar refractivity (Wildman–Crippen MR) is 172 cm³/mol. The van der Waals surface area contributed by atoms with E-state index in [2.05, 4.69) is 90.3 Å². The Balaban J connectivity index is 1.58. The molecular weight excluding hydrogens is 492 g/mol. The molecule has 214 valence electrons. The third kappa shape index (κ3) is 7.24. The van der Waals surface area contributed by atoms with E-state index in [0.717, 1.165) is 97.4 Å². The molecule has 0 amide bonds. The Morgan fingerprint density at radius 2 is 1.98 bits per heavy atom. The van der Waals surface area contributed by atoms with Crippen molar-refractivity contribution < 1.29 is 0 Å². The number of benzene rings is 1. The number of anilines is 1. The number of aromatic nitrogens is 2. The van der Waals surface area contributed by atoms with Crippen LogP contribution in [-0.4, -0.2) is 46.6 Å². The maximum absolute atomic E-state index is 5.02. The maximum atomic E-state index is 5.02. The van der Waals surface area contributed by atoms with Gasteiger partial charge < -0.3 is 10.2 Å². The first-order valence-corrected chi connectivity index (χ1v) is 15.3. The summed E-state index contributed by atoms with van der Waals surface area (Å²) in [4.78, 5) is 12.6. The van der Waals surface area contributed by atoms with Gasteiger partial charge in [-0.15, -0.1) is 6.58 Å². The molecule has 0 spiro atoms. The molecule has 1 aliphatic heterocycles. The highest BCUT2D eigenvalue weighted by Gasteiger charge is 2.30. The van der Waals surface area contributed by atoms with Crippen LogP contribution in [0.25, 0.3) is 11.8 Å². The average molecular weight is 541 g/mol. The highest BCUT2D eigenvalue weighted by Crippen LogP contribution is 2.36. The van der Waals surface area contributed by atoms with Crippen LogP contribution in [0.3, 0.4) is 0 Å². The van der Waals surface area contributed by atoms with Gasteiger partial charge in [0.1, 0.15) is 17.2 Å². The summed E-state index contributed by atoms with van der Waals surface area (Å²) in [7, 11) is 0. The number of hydrogen-bond acceptors (Lipinski definition) is 5. The van der Waals surface area contributed by atoms with Crippen molar-refractivity contribution in [2.45, 2.75) is 84.5 Å². The normalized spacial score (nSPS) is 15.3. The molecular formula is C34H48N6. The Morgan fingerprint density at radius 1 is 1.15 bits per heavy atom. The summed E-state index contributed by atoms with van der Waals surface area (Å²) in [6.07, 6.45) is 16.9. The molecule has 1 fully saturated rings. The molecule has 6 nitrogen and oxygen atoms in total. The quantitative estimate of drug-likeness (QED) is 0.137. The summed E-state index contributed by atoms with van der Waals surface area (Å²) in [6.45, 7) is 18.6. The van der Waals surface area contributed by atoms with Crippen molar-refractivity contribution in [2.75, 3.05) is 36.9 Å². The van der Waals surface area contributed by atoms with Crippen LogP contribution in [0.2, 0.25) is 0 Å². The molecule has 6 heteroatoms. The van der Waals surface area contributed by atoms with Crippen molar-refractivity contribution >= 4 is 23.3 Å². The van der Waals surface area contributed by atoms with Gasteiger partial charge in [-0.25, -0.2) is 14.7 Å². The minimum Gasteiger partial charge on any atom is -0.385 e. The Kier molecular flexibility index (Phi) is 11.0. The zero-order chi connectivity index (χ0) is 28.3. The largest absolute Gasteiger partial charge is 0.385 e. The van der Waals surface area contributed by atoms with Gasteiger partial charge in [0.2, 0.25) is 0 Å². The fourth-order valence-electron chi connectivity index (χ4n) is 5.79. The van der Waals surface area contributed by atoms with Crippen LogP contribution in [0.5, 0.6) is 0 Å². The van der Waals surface area contributed by atoms with E-state index >= 15 is 0 Å². The lowest BCUT2D eigenvalue weighted by Gasteiger charge is -2.24. The van der Waals surface area contributed by atoms with Crippen molar-refractivity contribution in [1.29, 1.82) is 0 Å². The Labute approximate surface area is 241 Å². The van der Waals surface area contributed by atoms with E-state index in [-0.39, 0.29) is 0 Å². The van der Waals surface area contributed by atoms with E-state index in [1.807, 2.05) is 6.08 Å². The number of rotatable bonds is 15. The zero-order valence-corrected chi connectivity index (χ0v) is 24.9. The topological polar surface area (TPSA) is 57.5 Å². The van der Waals surface area contributed by atoms with Crippen LogP contribution in [0.1, 0.15) is 106 Å². The predicted octanol–water partition coefficient (Wildman–Crippen LogP) is 7.88. The number of fused-ring (bicyclic) bond motifs is 1. The van der Waals surface area contributed by atoms with E-state index < -0.39 is 0 Å². The fraction of sp³-hybridized carbons (Fsp3) is 0.500. The van der Waals surface area contributed by atoms with Crippen LogP contribution >= 0.6 is 0 Å². The second-order valence-electron chi connectivity index (χ2n) is 11.0. The third-order valence-electron chi connectivity index (χ3n) is 7.86. The Bertz CT molecular complexity index is 1250. The molecule has 1 aliphatic carbocycles. The molecule has 2 heterocycles. The summed E-state index contributed by atoms with van der Waals surface area (Å²) >= 11 is 0. The third-order valence-corrected chi connectivity index (χ3v) is 7.86. The summed E-state index contributed by atoms with van der Waals surface area (Å²) in [6, 6.07) is 6.61. The molecule has 1 aromatic heterocycles. The number of nitrogens with one attached hydrogen (secondary N) is 2. The van der Waals surface area contributed by atoms with Crippen molar-refractivity contribution in [3.8, 4) is 0 Å². The maximum Gasteiger partial charge on any atom is 0.154 e. The van der Waals surface area contributed by atoms with Gasteiger partial charge >= 0.3 is 0 Å². The number of aliphatic imine (C=N–C) groups is 1. The molecule has 0 bridgehead atoms. The molecule has 0 radical (unpaired) electrons. The first kappa shape index (κ1) is 29.6. The highest BCUT2D eigenvalue weighted by atomic mass is 15.5. The molecule has 2 aliphatic rings. The van der Waals surface area contributed by atoms with Gasteiger partial charge in [-0.05, 0) is 76.2 Å². The van der Waals surface area contributed by atoms with E-state index in [1.54, 1.807) is 0 Å². The number of allylic oxidation sites excluding steroid dienone is 1. The number of imidazole rings is 1. The number of hydrogen-bond donors (Lipinski definition) is 2. The van der Waals surface area contributed by atoms with E-state index in [0.29, 0.717) is 5.92 Å². The number of aryl methyl sites for hydroxylation is 1. The second-order valence-corrected chi connectivity index (χ2v) is 11.0. The summed E-state index contributed by atoms with van der Waals surface area (Å²) in [5.41, 5.74) is 12.8. The van der Waals surface area contributed by atoms with Crippen LogP contribution in [0.4, 0.5) is 5.69 Å². The van der Waals surface area contributed by atoms with Crippen LogP contribution < -0.4 is 10.7 Å². The Hall–Kier alpha value is -3.34. The van der Waals surface area contributed by atoms with Gasteiger partial charge in [0, 0.05) is 30.3 Å². The first-order chi connectivity index (χ1) is 19.6. The van der Waals surface area contributed by atoms with Crippen molar-refractivity contribution in [3.05, 3.63) is 77.6 Å². The summed E-state index contributed by atoms with van der Waals surface area (Å²) in [5, 5.41) is 3.67. The van der Waals surface area contributed by atoms with Crippen molar-refractivity contribution in [2.24, 2.45) is 4.99 Å². The minimum absolute atomic E-state index is 0.473. The standard InChI is InChI=1S/C34H48N6/c1-6-10-12-16-27-19-20-29(35-21-15-24-39(22-8-3)23-11-7-2)25-30(27)33-37-31(9-4)32-26(5)36-34(40(32)38-33)28-17-13-14-18-28/h7,12,16,19-20,25,28,35H,2,4,6,8,10-11,13-15,17-18,21-24H2,1,3,5H3,(H,37,38)/b16-12-. The molecule has 4 rings (SSSR count). The van der Waals surface area contributed by atoms with E-state index in [1.165, 1.54) is 32.1 Å². The first-order valence-electron chi connectivity index (χ1n) is 15.3. The van der Waals surface area contributed by atoms with Gasteiger partial charge in [0.15, 0.2) is 5.84 Å². The van der Waals surface area contributed by atoms with E-state index in [4.69, 9.17) is 9.98 Å². The van der Waals surface area contributed by atoms with Crippen LogP contribution in [0.15, 0.2) is 54.2 Å². The smallest absolute Gasteiger partial charge is 0.154 e. The average Bonchev–Trinajstić information content (AvgIpc) is 3.62. The van der Waals surface area contributed by atoms with Crippen LogP contribution in [0, 0.1) is 6.92 Å². The van der Waals surface area contributed by atoms with Gasteiger partial charge in [0.05, 0.1) is 5.69 Å². The van der Waals surface area contributed by atoms with Gasteiger partial charge in [0.25, 0.3) is 0 Å². The van der Waals surface area contributed by atoms with Crippen molar-refractivity contribution in [3.63, 3.8) is 0 Å². The molecule has 40 heavy (non-hydrogen) atoms. The lowest BCUT2D eigenvalue weighted by Crippen LogP contribution is -2.31. The SMILES string of the molecule is C=C=C1N=C(c2cc(NCCCN(CCC)CCC=C)ccc2/C=C\CCC)Nn2c(C3CCCC3)nc(C)c21. The second kappa shape index (κ2) is 14.9. The molecule has 0 saturated heterocycles. The highest BCUT2D eigenvalue weighted by molar-refractivity contribution is 6.11. The molecule has 0 unspecified atom stereocenters. The molecule has 0 atom stereocenters. The number of unbranched alkanes of at least 4 members (excludes halogenated alkanes) is 1. The number of nitrogens with zero attached hydrogens (tertiary/aromatic N) is 4. The fourth-order valence-corrected chi connectivity index (χ4v) is 5.79. The zero-order valence-electron chi connectivity index (χ0n) is 24.9. The van der Waals surface area contributed by atoms with Gasteiger partial charge in [-0.2, -0.15) is 0 Å². The van der Waals surface area contributed by atoms with E-state index in [9.17, 15) is 0 Å².